The Morgan fingerprint density at radius 2 is 1.84 bits per heavy atom. The number of carboxylic acids is 1. The first-order valence-electron chi connectivity index (χ1n) is 10.8. The van der Waals surface area contributed by atoms with E-state index in [-0.39, 0.29) is 5.56 Å². The first-order chi connectivity index (χ1) is 15.4. The third-order valence-corrected chi connectivity index (χ3v) is 5.55. The molecule has 4 rings (SSSR count). The van der Waals surface area contributed by atoms with Gasteiger partial charge in [-0.2, -0.15) is 0 Å². The van der Waals surface area contributed by atoms with Gasteiger partial charge >= 0.3 is 5.97 Å². The predicted octanol–water partition coefficient (Wildman–Crippen LogP) is 5.72. The van der Waals surface area contributed by atoms with Gasteiger partial charge < -0.3 is 20.1 Å². The van der Waals surface area contributed by atoms with Crippen LogP contribution in [0.4, 0.5) is 17.1 Å². The third kappa shape index (κ3) is 5.58. The third-order valence-electron chi connectivity index (χ3n) is 5.55. The molecular formula is C26H31N3O3. The van der Waals surface area contributed by atoms with Crippen LogP contribution in [0.2, 0.25) is 0 Å². The number of fused-ring (bicyclic) bond motifs is 1. The number of aromatic nitrogens is 1. The van der Waals surface area contributed by atoms with Crippen LogP contribution in [0.5, 0.6) is 5.75 Å². The molecule has 168 valence electrons. The van der Waals surface area contributed by atoms with E-state index in [0.29, 0.717) is 11.6 Å². The van der Waals surface area contributed by atoms with Gasteiger partial charge in [0.15, 0.2) is 0 Å². The Morgan fingerprint density at radius 1 is 1.12 bits per heavy atom. The molecule has 1 aliphatic heterocycles. The largest absolute Gasteiger partial charge is 0.493 e. The average molecular weight is 434 g/mol. The van der Waals surface area contributed by atoms with E-state index in [1.165, 1.54) is 41.0 Å². The lowest BCUT2D eigenvalue weighted by atomic mass is 10.0. The summed E-state index contributed by atoms with van der Waals surface area (Å²) in [6, 6.07) is 16.8. The number of nitrogens with zero attached hydrogens (tertiary/aromatic N) is 2. The van der Waals surface area contributed by atoms with Crippen molar-refractivity contribution in [1.82, 2.24) is 4.98 Å². The number of hydrogen-bond acceptors (Lipinski definition) is 5. The monoisotopic (exact) mass is 433 g/mol. The van der Waals surface area contributed by atoms with Crippen LogP contribution >= 0.6 is 0 Å². The van der Waals surface area contributed by atoms with Crippen molar-refractivity contribution in [3.63, 3.8) is 0 Å². The topological polar surface area (TPSA) is 74.7 Å². The molecule has 0 fully saturated rings. The smallest absolute Gasteiger partial charge is 0.337 e. The number of rotatable bonds is 5. The quantitative estimate of drug-likeness (QED) is 0.536. The lowest BCUT2D eigenvalue weighted by molar-refractivity contribution is 0.0698. The summed E-state index contributed by atoms with van der Waals surface area (Å²) in [5, 5.41) is 11.4. The number of ether oxygens (including phenoxy) is 1. The molecule has 1 aliphatic rings. The molecular weight excluding hydrogens is 402 g/mol. The Hall–Kier alpha value is -3.54. The molecule has 0 saturated carbocycles. The van der Waals surface area contributed by atoms with Crippen LogP contribution in [0.25, 0.3) is 0 Å². The summed E-state index contributed by atoms with van der Waals surface area (Å²) in [6.45, 7) is 5.28. The zero-order valence-corrected chi connectivity index (χ0v) is 19.1. The molecule has 0 radical (unpaired) electrons. The SMILES string of the molecule is CC(C)c1ccc(N(C)c2ccc3c(c2)OCCC3)cc1.CNc1cnccc1C(=O)O. The molecule has 0 saturated heterocycles. The van der Waals surface area contributed by atoms with Gasteiger partial charge in [0.25, 0.3) is 0 Å². The minimum absolute atomic E-state index is 0.238. The second-order valence-corrected chi connectivity index (χ2v) is 8.03. The van der Waals surface area contributed by atoms with Gasteiger partial charge in [-0.1, -0.05) is 32.0 Å². The molecule has 0 amide bonds. The predicted molar refractivity (Wildman–Crippen MR) is 130 cm³/mol. The Kier molecular flexibility index (Phi) is 7.71. The van der Waals surface area contributed by atoms with Gasteiger partial charge in [-0.05, 0) is 54.2 Å². The van der Waals surface area contributed by atoms with Crippen molar-refractivity contribution in [2.24, 2.45) is 0 Å². The van der Waals surface area contributed by atoms with E-state index in [1.54, 1.807) is 7.05 Å². The summed E-state index contributed by atoms with van der Waals surface area (Å²) in [6.07, 6.45) is 5.18. The second kappa shape index (κ2) is 10.7. The molecule has 6 heteroatoms. The molecule has 2 N–H and O–H groups in total. The second-order valence-electron chi connectivity index (χ2n) is 8.03. The van der Waals surface area contributed by atoms with E-state index in [0.717, 1.165) is 25.2 Å². The van der Waals surface area contributed by atoms with E-state index in [2.05, 4.69) is 78.6 Å². The summed E-state index contributed by atoms with van der Waals surface area (Å²) in [5.41, 5.74) is 5.85. The number of aromatic carboxylic acids is 1. The standard InChI is InChI=1S/C19H23NO.C7H8N2O2/c1-14(2)15-6-9-17(10-7-15)20(3)18-11-8-16-5-4-12-21-19(16)13-18;1-8-6-4-9-3-2-5(6)7(10)11/h6-11,13-14H,4-5,12H2,1-3H3;2-4,8H,1H3,(H,10,11). The zero-order valence-electron chi connectivity index (χ0n) is 19.1. The normalized spacial score (nSPS) is 12.2. The van der Waals surface area contributed by atoms with E-state index in [4.69, 9.17) is 9.84 Å². The number of carbonyl (C=O) groups is 1. The van der Waals surface area contributed by atoms with Crippen molar-refractivity contribution in [3.05, 3.63) is 77.6 Å². The van der Waals surface area contributed by atoms with Crippen LogP contribution in [0.15, 0.2) is 60.9 Å². The molecule has 1 aromatic heterocycles. The number of carboxylic acid groups (broad SMARTS) is 1. The fourth-order valence-corrected chi connectivity index (χ4v) is 3.55. The number of pyridine rings is 1. The molecule has 0 aliphatic carbocycles. The van der Waals surface area contributed by atoms with Crippen molar-refractivity contribution < 1.29 is 14.6 Å². The highest BCUT2D eigenvalue weighted by Crippen LogP contribution is 2.32. The zero-order chi connectivity index (χ0) is 23.1. The molecule has 2 heterocycles. The minimum Gasteiger partial charge on any atom is -0.493 e. The number of nitrogens with one attached hydrogen (secondary N) is 1. The Labute approximate surface area is 189 Å². The van der Waals surface area contributed by atoms with Crippen molar-refractivity contribution in [2.45, 2.75) is 32.6 Å². The summed E-state index contributed by atoms with van der Waals surface area (Å²) < 4.78 is 5.77. The van der Waals surface area contributed by atoms with E-state index >= 15 is 0 Å². The summed E-state index contributed by atoms with van der Waals surface area (Å²) in [4.78, 5) is 16.5. The first kappa shape index (κ1) is 23.1. The van der Waals surface area contributed by atoms with Crippen LogP contribution in [0, 0.1) is 0 Å². The maximum atomic E-state index is 10.5. The number of anilines is 3. The number of aryl methyl sites for hydroxylation is 1. The molecule has 32 heavy (non-hydrogen) atoms. The van der Waals surface area contributed by atoms with Crippen LogP contribution in [-0.4, -0.2) is 36.8 Å². The van der Waals surface area contributed by atoms with Crippen LogP contribution in [0.1, 0.15) is 47.7 Å². The van der Waals surface area contributed by atoms with Crippen molar-refractivity contribution in [1.29, 1.82) is 0 Å². The Bertz CT molecular complexity index is 1050. The summed E-state index contributed by atoms with van der Waals surface area (Å²) in [7, 11) is 3.76. The highest BCUT2D eigenvalue weighted by atomic mass is 16.5. The van der Waals surface area contributed by atoms with Gasteiger partial charge in [-0.3, -0.25) is 4.98 Å². The molecule has 0 spiro atoms. The summed E-state index contributed by atoms with van der Waals surface area (Å²) >= 11 is 0. The molecule has 2 aromatic carbocycles. The van der Waals surface area contributed by atoms with Gasteiger partial charge in [0.2, 0.25) is 0 Å². The maximum Gasteiger partial charge on any atom is 0.337 e. The van der Waals surface area contributed by atoms with Gasteiger partial charge in [0.1, 0.15) is 5.75 Å². The van der Waals surface area contributed by atoms with Gasteiger partial charge in [-0.15, -0.1) is 0 Å². The fraction of sp³-hybridized carbons (Fsp3) is 0.308. The van der Waals surface area contributed by atoms with Crippen LogP contribution in [-0.2, 0) is 6.42 Å². The van der Waals surface area contributed by atoms with Crippen LogP contribution in [0.3, 0.4) is 0 Å². The number of hydrogen-bond donors (Lipinski definition) is 2. The lowest BCUT2D eigenvalue weighted by Crippen LogP contribution is -2.12. The lowest BCUT2D eigenvalue weighted by Gasteiger charge is -2.23. The molecule has 0 unspecified atom stereocenters. The molecule has 0 bridgehead atoms. The summed E-state index contributed by atoms with van der Waals surface area (Å²) in [5.74, 6) is 0.669. The minimum atomic E-state index is -0.947. The van der Waals surface area contributed by atoms with E-state index in [1.807, 2.05) is 0 Å². The average Bonchev–Trinajstić information content (AvgIpc) is 2.83. The van der Waals surface area contributed by atoms with E-state index in [9.17, 15) is 4.79 Å². The van der Waals surface area contributed by atoms with Crippen LogP contribution < -0.4 is 15.0 Å². The Morgan fingerprint density at radius 3 is 2.47 bits per heavy atom. The highest BCUT2D eigenvalue weighted by Gasteiger charge is 2.13. The molecule has 0 atom stereocenters. The van der Waals surface area contributed by atoms with Crippen molar-refractivity contribution in [2.75, 3.05) is 30.9 Å². The van der Waals surface area contributed by atoms with Gasteiger partial charge in [0.05, 0.1) is 24.1 Å². The van der Waals surface area contributed by atoms with Gasteiger partial charge in [-0.25, -0.2) is 4.79 Å². The van der Waals surface area contributed by atoms with E-state index < -0.39 is 5.97 Å². The molecule has 6 nitrogen and oxygen atoms in total. The van der Waals surface area contributed by atoms with Crippen molar-refractivity contribution in [3.8, 4) is 5.75 Å². The fourth-order valence-electron chi connectivity index (χ4n) is 3.55. The Balaban J connectivity index is 0.000000222. The number of benzene rings is 2. The van der Waals surface area contributed by atoms with Crippen molar-refractivity contribution >= 4 is 23.0 Å². The highest BCUT2D eigenvalue weighted by molar-refractivity contribution is 5.93. The molecule has 3 aromatic rings. The maximum absolute atomic E-state index is 10.5. The van der Waals surface area contributed by atoms with Gasteiger partial charge in [0, 0.05) is 37.7 Å². The first-order valence-corrected chi connectivity index (χ1v) is 10.8.